The summed E-state index contributed by atoms with van der Waals surface area (Å²) in [7, 11) is 3.69. The summed E-state index contributed by atoms with van der Waals surface area (Å²) in [5.74, 6) is 3.64. The average Bonchev–Trinajstić information content (AvgIpc) is 2.89. The molecule has 2 heteroatoms. The van der Waals surface area contributed by atoms with E-state index in [4.69, 9.17) is 9.47 Å². The van der Waals surface area contributed by atoms with E-state index in [1.807, 2.05) is 14.2 Å². The van der Waals surface area contributed by atoms with Crippen molar-refractivity contribution >= 4 is 0 Å². The lowest BCUT2D eigenvalue weighted by atomic mass is 9.73. The van der Waals surface area contributed by atoms with Gasteiger partial charge in [-0.25, -0.2) is 0 Å². The SMILES string of the molecule is COC[C@]12[C@H]3[C@H]4[C@H](C(=C(C)C)[C@H]31)[C@]42COC. The van der Waals surface area contributed by atoms with Gasteiger partial charge in [0.25, 0.3) is 0 Å². The van der Waals surface area contributed by atoms with Gasteiger partial charge in [-0.15, -0.1) is 0 Å². The van der Waals surface area contributed by atoms with Crippen molar-refractivity contribution in [3.05, 3.63) is 11.1 Å². The molecule has 88 valence electrons. The molecule has 2 nitrogen and oxygen atoms in total. The monoisotopic (exact) mass is 220 g/mol. The summed E-state index contributed by atoms with van der Waals surface area (Å²) in [6, 6.07) is 0. The van der Waals surface area contributed by atoms with Crippen molar-refractivity contribution in [3.63, 3.8) is 0 Å². The highest BCUT2D eigenvalue weighted by molar-refractivity contribution is 5.62. The highest BCUT2D eigenvalue weighted by Gasteiger charge is 3.05. The van der Waals surface area contributed by atoms with E-state index in [9.17, 15) is 0 Å². The van der Waals surface area contributed by atoms with Gasteiger partial charge in [-0.2, -0.15) is 0 Å². The first-order valence-corrected chi connectivity index (χ1v) is 6.33. The third-order valence-corrected chi connectivity index (χ3v) is 6.07. The molecule has 0 amide bonds. The fourth-order valence-corrected chi connectivity index (χ4v) is 5.97. The van der Waals surface area contributed by atoms with Crippen LogP contribution < -0.4 is 0 Å². The number of hydrogen-bond acceptors (Lipinski definition) is 2. The van der Waals surface area contributed by atoms with Gasteiger partial charge < -0.3 is 9.47 Å². The van der Waals surface area contributed by atoms with Gasteiger partial charge in [0.05, 0.1) is 13.2 Å². The zero-order valence-electron chi connectivity index (χ0n) is 10.5. The van der Waals surface area contributed by atoms with Crippen molar-refractivity contribution in [2.75, 3.05) is 27.4 Å². The molecule has 5 rings (SSSR count). The zero-order chi connectivity index (χ0) is 11.3. The first-order valence-electron chi connectivity index (χ1n) is 6.33. The van der Waals surface area contributed by atoms with Gasteiger partial charge in [0.1, 0.15) is 0 Å². The molecule has 5 aliphatic carbocycles. The van der Waals surface area contributed by atoms with Crippen LogP contribution in [0.4, 0.5) is 0 Å². The lowest BCUT2D eigenvalue weighted by molar-refractivity contribution is -0.0153. The summed E-state index contributed by atoms with van der Waals surface area (Å²) in [4.78, 5) is 0. The summed E-state index contributed by atoms with van der Waals surface area (Å²) in [5, 5.41) is 0. The Balaban J connectivity index is 1.77. The Labute approximate surface area is 97.0 Å². The normalized spacial score (nSPS) is 58.1. The van der Waals surface area contributed by atoms with Crippen LogP contribution in [0.15, 0.2) is 11.1 Å². The minimum Gasteiger partial charge on any atom is -0.384 e. The van der Waals surface area contributed by atoms with Crippen molar-refractivity contribution in [1.82, 2.24) is 0 Å². The Hall–Kier alpha value is -0.340. The van der Waals surface area contributed by atoms with E-state index in [0.29, 0.717) is 10.8 Å². The van der Waals surface area contributed by atoms with Crippen LogP contribution in [0.1, 0.15) is 13.8 Å². The minimum absolute atomic E-state index is 0.500. The van der Waals surface area contributed by atoms with E-state index in [2.05, 4.69) is 13.8 Å². The summed E-state index contributed by atoms with van der Waals surface area (Å²) in [6.07, 6.45) is 0. The predicted octanol–water partition coefficient (Wildman–Crippen LogP) is 2.11. The van der Waals surface area contributed by atoms with Crippen LogP contribution in [0.25, 0.3) is 0 Å². The van der Waals surface area contributed by atoms with Crippen LogP contribution >= 0.6 is 0 Å². The summed E-state index contributed by atoms with van der Waals surface area (Å²) < 4.78 is 11.0. The third-order valence-electron chi connectivity index (χ3n) is 6.07. The van der Waals surface area contributed by atoms with E-state index in [1.165, 1.54) is 0 Å². The standard InChI is InChI=1S/C14H20O2/c1-7(2)8-9-11-12-10(8)14(12,6-16-4)13(9,11)5-15-3/h9-12H,5-6H2,1-4H3/t9-,10+,11-,12-,13-,14-/m1/s1. The van der Waals surface area contributed by atoms with Gasteiger partial charge >= 0.3 is 0 Å². The van der Waals surface area contributed by atoms with E-state index in [-0.39, 0.29) is 0 Å². The van der Waals surface area contributed by atoms with E-state index < -0.39 is 0 Å². The molecule has 5 fully saturated rings. The van der Waals surface area contributed by atoms with Crippen LogP contribution in [0.3, 0.4) is 0 Å². The summed E-state index contributed by atoms with van der Waals surface area (Å²) >= 11 is 0. The Bertz CT molecular complexity index is 377. The second-order valence-electron chi connectivity index (χ2n) is 6.41. The van der Waals surface area contributed by atoms with Crippen LogP contribution in [0, 0.1) is 34.5 Å². The van der Waals surface area contributed by atoms with E-state index in [0.717, 1.165) is 36.9 Å². The first-order chi connectivity index (χ1) is 7.68. The molecule has 0 radical (unpaired) electrons. The lowest BCUT2D eigenvalue weighted by Crippen LogP contribution is -2.38. The number of hydrogen-bond donors (Lipinski definition) is 0. The number of allylic oxidation sites excluding steroid dienone is 2. The molecule has 5 aliphatic rings. The van der Waals surface area contributed by atoms with Gasteiger partial charge in [0, 0.05) is 25.0 Å². The molecule has 0 aromatic heterocycles. The molecule has 0 aliphatic heterocycles. The zero-order valence-corrected chi connectivity index (χ0v) is 10.5. The Morgan fingerprint density at radius 3 is 1.75 bits per heavy atom. The molecular weight excluding hydrogens is 200 g/mol. The van der Waals surface area contributed by atoms with Gasteiger partial charge in [-0.1, -0.05) is 11.1 Å². The van der Waals surface area contributed by atoms with Crippen molar-refractivity contribution in [2.24, 2.45) is 34.5 Å². The molecule has 0 unspecified atom stereocenters. The van der Waals surface area contributed by atoms with E-state index >= 15 is 0 Å². The van der Waals surface area contributed by atoms with Crippen LogP contribution in [0.2, 0.25) is 0 Å². The largest absolute Gasteiger partial charge is 0.384 e. The number of methoxy groups -OCH3 is 2. The molecule has 0 heterocycles. The molecule has 2 bridgehead atoms. The highest BCUT2D eigenvalue weighted by Crippen LogP contribution is 3.06. The van der Waals surface area contributed by atoms with Crippen LogP contribution in [0.5, 0.6) is 0 Å². The maximum atomic E-state index is 5.51. The summed E-state index contributed by atoms with van der Waals surface area (Å²) in [5.41, 5.74) is 4.35. The van der Waals surface area contributed by atoms with Crippen LogP contribution in [-0.4, -0.2) is 27.4 Å². The van der Waals surface area contributed by atoms with Gasteiger partial charge in [-0.05, 0) is 37.5 Å². The quantitative estimate of drug-likeness (QED) is 0.676. The molecule has 0 N–H and O–H groups in total. The molecule has 0 spiro atoms. The molecule has 16 heavy (non-hydrogen) atoms. The molecular formula is C14H20O2. The molecule has 5 saturated carbocycles. The first kappa shape index (κ1) is 9.67. The van der Waals surface area contributed by atoms with Crippen LogP contribution in [-0.2, 0) is 9.47 Å². The second-order valence-corrected chi connectivity index (χ2v) is 6.41. The van der Waals surface area contributed by atoms with Gasteiger partial charge in [0.15, 0.2) is 0 Å². The predicted molar refractivity (Wildman–Crippen MR) is 61.0 cm³/mol. The van der Waals surface area contributed by atoms with Crippen molar-refractivity contribution in [3.8, 4) is 0 Å². The smallest absolute Gasteiger partial charge is 0.0534 e. The lowest BCUT2D eigenvalue weighted by Gasteiger charge is -2.35. The van der Waals surface area contributed by atoms with Crippen molar-refractivity contribution < 1.29 is 9.47 Å². The van der Waals surface area contributed by atoms with Gasteiger partial charge in [-0.3, -0.25) is 0 Å². The fourth-order valence-electron chi connectivity index (χ4n) is 5.97. The average molecular weight is 220 g/mol. The summed E-state index contributed by atoms with van der Waals surface area (Å²) in [6.45, 7) is 6.47. The second kappa shape index (κ2) is 2.41. The Morgan fingerprint density at radius 1 is 1.00 bits per heavy atom. The molecule has 0 aromatic carbocycles. The maximum Gasteiger partial charge on any atom is 0.0534 e. The topological polar surface area (TPSA) is 18.5 Å². The Kier molecular flexibility index (Phi) is 1.46. The minimum atomic E-state index is 0.500. The van der Waals surface area contributed by atoms with Crippen molar-refractivity contribution in [2.45, 2.75) is 13.8 Å². The van der Waals surface area contributed by atoms with E-state index in [1.54, 1.807) is 11.1 Å². The number of rotatable bonds is 4. The molecule has 0 aromatic rings. The maximum absolute atomic E-state index is 5.51. The molecule has 0 saturated heterocycles. The third kappa shape index (κ3) is 0.595. The number of ether oxygens (including phenoxy) is 2. The fraction of sp³-hybridized carbons (Fsp3) is 0.857. The molecule has 6 atom stereocenters. The Morgan fingerprint density at radius 2 is 1.44 bits per heavy atom. The van der Waals surface area contributed by atoms with Gasteiger partial charge in [0.2, 0.25) is 0 Å². The van der Waals surface area contributed by atoms with Crippen molar-refractivity contribution in [1.29, 1.82) is 0 Å². The highest BCUT2D eigenvalue weighted by atomic mass is 16.5.